The van der Waals surface area contributed by atoms with Crippen LogP contribution in [0.3, 0.4) is 0 Å². The second-order valence-corrected chi connectivity index (χ2v) is 3.52. The Hall–Kier alpha value is -1.39. The largest absolute Gasteiger partial charge is 0.327 e. The Morgan fingerprint density at radius 1 is 1.40 bits per heavy atom. The third-order valence-electron chi connectivity index (χ3n) is 2.22. The topological polar surface area (TPSA) is 75.4 Å². The predicted octanol–water partition coefficient (Wildman–Crippen LogP) is 0.842. The van der Waals surface area contributed by atoms with Crippen molar-refractivity contribution in [2.24, 2.45) is 5.73 Å². The number of nitrogens with two attached hydrogens (primary N) is 1. The number of rotatable bonds is 5. The van der Waals surface area contributed by atoms with Gasteiger partial charge in [0.25, 0.3) is 0 Å². The molecule has 0 radical (unpaired) electrons. The smallest absolute Gasteiger partial charge is 0.244 e. The number of benzene rings is 1. The Labute approximate surface area is 89.1 Å². The monoisotopic (exact) mass is 208 g/mol. The molecule has 4 heteroatoms. The number of carbonyl (C=O) groups excluding carboxylic acids is 1. The summed E-state index contributed by atoms with van der Waals surface area (Å²) in [5.41, 5.74) is 8.51. The summed E-state index contributed by atoms with van der Waals surface area (Å²) in [5, 5.41) is 8.31. The molecule has 1 aromatic carbocycles. The van der Waals surface area contributed by atoms with Crippen LogP contribution in [0.2, 0.25) is 0 Å². The first-order chi connectivity index (χ1) is 7.22. The lowest BCUT2D eigenvalue weighted by Gasteiger charge is -2.09. The summed E-state index contributed by atoms with van der Waals surface area (Å²) in [6.45, 7) is 0. The lowest BCUT2D eigenvalue weighted by atomic mass is 10.0. The molecule has 4 N–H and O–H groups in total. The summed E-state index contributed by atoms with van der Waals surface area (Å²) in [4.78, 5) is 10.8. The number of nitrogens with one attached hydrogen (secondary N) is 1. The number of hydrogen-bond acceptors (Lipinski definition) is 3. The van der Waals surface area contributed by atoms with Crippen LogP contribution in [0.5, 0.6) is 0 Å². The zero-order valence-electron chi connectivity index (χ0n) is 8.52. The van der Waals surface area contributed by atoms with Crippen LogP contribution in [0.15, 0.2) is 30.3 Å². The quantitative estimate of drug-likeness (QED) is 0.496. The second kappa shape index (κ2) is 6.16. The average Bonchev–Trinajstić information content (AvgIpc) is 2.27. The van der Waals surface area contributed by atoms with E-state index in [-0.39, 0.29) is 12.5 Å². The fraction of sp³-hybridized carbons (Fsp3) is 0.364. The highest BCUT2D eigenvalue weighted by Crippen LogP contribution is 2.05. The van der Waals surface area contributed by atoms with Crippen LogP contribution in [0, 0.1) is 0 Å². The summed E-state index contributed by atoms with van der Waals surface area (Å²) in [6.07, 6.45) is 1.74. The van der Waals surface area contributed by atoms with Gasteiger partial charge in [0.1, 0.15) is 0 Å². The Balaban J connectivity index is 2.28. The van der Waals surface area contributed by atoms with E-state index in [0.717, 1.165) is 12.8 Å². The standard InChI is InChI=1S/C11H16N2O2/c12-10(8-11(14)13-15)7-6-9-4-2-1-3-5-9/h1-5,10,15H,6-8,12H2,(H,13,14)/t10-/m1/s1. The SMILES string of the molecule is N[C@H](CCc1ccccc1)CC(=O)NO. The van der Waals surface area contributed by atoms with Crippen LogP contribution < -0.4 is 11.2 Å². The molecule has 0 aliphatic rings. The van der Waals surface area contributed by atoms with E-state index in [9.17, 15) is 4.79 Å². The van der Waals surface area contributed by atoms with Gasteiger partial charge in [-0.15, -0.1) is 0 Å². The molecule has 0 unspecified atom stereocenters. The van der Waals surface area contributed by atoms with E-state index < -0.39 is 5.91 Å². The Morgan fingerprint density at radius 3 is 2.67 bits per heavy atom. The van der Waals surface area contributed by atoms with Crippen molar-refractivity contribution in [3.05, 3.63) is 35.9 Å². The van der Waals surface area contributed by atoms with Gasteiger partial charge in [-0.1, -0.05) is 30.3 Å². The van der Waals surface area contributed by atoms with Gasteiger partial charge in [-0.05, 0) is 18.4 Å². The van der Waals surface area contributed by atoms with Gasteiger partial charge in [-0.2, -0.15) is 0 Å². The fourth-order valence-electron chi connectivity index (χ4n) is 1.38. The van der Waals surface area contributed by atoms with Crippen LogP contribution in [-0.4, -0.2) is 17.2 Å². The maximum atomic E-state index is 10.8. The molecule has 0 aliphatic carbocycles. The summed E-state index contributed by atoms with van der Waals surface area (Å²) >= 11 is 0. The predicted molar refractivity (Wildman–Crippen MR) is 57.3 cm³/mol. The van der Waals surface area contributed by atoms with Crippen molar-refractivity contribution in [2.75, 3.05) is 0 Å². The van der Waals surface area contributed by atoms with Gasteiger partial charge in [0.2, 0.25) is 5.91 Å². The highest BCUT2D eigenvalue weighted by Gasteiger charge is 2.08. The number of hydroxylamine groups is 1. The third kappa shape index (κ3) is 4.58. The average molecular weight is 208 g/mol. The van der Waals surface area contributed by atoms with Gasteiger partial charge in [-0.3, -0.25) is 10.0 Å². The van der Waals surface area contributed by atoms with Crippen LogP contribution in [0.1, 0.15) is 18.4 Å². The minimum absolute atomic E-state index is 0.156. The molecule has 1 rings (SSSR count). The van der Waals surface area contributed by atoms with Crippen LogP contribution in [-0.2, 0) is 11.2 Å². The van der Waals surface area contributed by atoms with Crippen molar-refractivity contribution < 1.29 is 10.0 Å². The van der Waals surface area contributed by atoms with Crippen LogP contribution in [0.25, 0.3) is 0 Å². The van der Waals surface area contributed by atoms with E-state index in [2.05, 4.69) is 0 Å². The van der Waals surface area contributed by atoms with Crippen molar-refractivity contribution in [1.82, 2.24) is 5.48 Å². The number of amides is 1. The van der Waals surface area contributed by atoms with Crippen LogP contribution in [0.4, 0.5) is 0 Å². The Kier molecular flexibility index (Phi) is 4.80. The molecule has 0 saturated heterocycles. The lowest BCUT2D eigenvalue weighted by Crippen LogP contribution is -2.30. The van der Waals surface area contributed by atoms with E-state index >= 15 is 0 Å². The van der Waals surface area contributed by atoms with Gasteiger partial charge < -0.3 is 5.73 Å². The molecule has 1 atom stereocenters. The molecule has 0 aliphatic heterocycles. The summed E-state index contributed by atoms with van der Waals surface area (Å²) < 4.78 is 0. The van der Waals surface area contributed by atoms with Gasteiger partial charge in [0.05, 0.1) is 0 Å². The maximum absolute atomic E-state index is 10.8. The highest BCUT2D eigenvalue weighted by molar-refractivity contribution is 5.75. The normalized spacial score (nSPS) is 12.1. The molecule has 0 aromatic heterocycles. The zero-order valence-corrected chi connectivity index (χ0v) is 8.52. The first-order valence-corrected chi connectivity index (χ1v) is 4.95. The molecule has 1 aromatic rings. The highest BCUT2D eigenvalue weighted by atomic mass is 16.5. The van der Waals surface area contributed by atoms with Gasteiger partial charge >= 0.3 is 0 Å². The Bertz CT molecular complexity index is 301. The minimum atomic E-state index is -0.435. The van der Waals surface area contributed by atoms with Gasteiger partial charge in [0.15, 0.2) is 0 Å². The molecule has 4 nitrogen and oxygen atoms in total. The number of carbonyl (C=O) groups is 1. The van der Waals surface area contributed by atoms with Gasteiger partial charge in [0, 0.05) is 12.5 Å². The lowest BCUT2D eigenvalue weighted by molar-refractivity contribution is -0.129. The maximum Gasteiger partial charge on any atom is 0.244 e. The van der Waals surface area contributed by atoms with Crippen LogP contribution >= 0.6 is 0 Å². The number of aryl methyl sites for hydroxylation is 1. The molecular weight excluding hydrogens is 192 g/mol. The molecule has 0 spiro atoms. The van der Waals surface area contributed by atoms with E-state index in [1.165, 1.54) is 5.56 Å². The summed E-state index contributed by atoms with van der Waals surface area (Å²) in [5.74, 6) is -0.435. The zero-order chi connectivity index (χ0) is 11.1. The molecule has 82 valence electrons. The third-order valence-corrected chi connectivity index (χ3v) is 2.22. The Morgan fingerprint density at radius 2 is 2.07 bits per heavy atom. The first-order valence-electron chi connectivity index (χ1n) is 4.95. The molecule has 0 heterocycles. The summed E-state index contributed by atoms with van der Waals surface area (Å²) in [6, 6.07) is 9.75. The molecule has 0 bridgehead atoms. The molecule has 1 amide bonds. The first kappa shape index (κ1) is 11.7. The van der Waals surface area contributed by atoms with E-state index in [1.807, 2.05) is 30.3 Å². The van der Waals surface area contributed by atoms with E-state index in [0.29, 0.717) is 0 Å². The van der Waals surface area contributed by atoms with Crippen molar-refractivity contribution in [2.45, 2.75) is 25.3 Å². The summed E-state index contributed by atoms with van der Waals surface area (Å²) in [7, 11) is 0. The van der Waals surface area contributed by atoms with Gasteiger partial charge in [-0.25, -0.2) is 5.48 Å². The minimum Gasteiger partial charge on any atom is -0.327 e. The van der Waals surface area contributed by atoms with Crippen molar-refractivity contribution >= 4 is 5.91 Å². The number of hydrogen-bond donors (Lipinski definition) is 3. The van der Waals surface area contributed by atoms with Crippen molar-refractivity contribution in [3.8, 4) is 0 Å². The van der Waals surface area contributed by atoms with E-state index in [1.54, 1.807) is 5.48 Å². The second-order valence-electron chi connectivity index (χ2n) is 3.52. The van der Waals surface area contributed by atoms with Crippen molar-refractivity contribution in [1.29, 1.82) is 0 Å². The van der Waals surface area contributed by atoms with E-state index in [4.69, 9.17) is 10.9 Å². The molecule has 0 saturated carbocycles. The fourth-order valence-corrected chi connectivity index (χ4v) is 1.38. The molecule has 15 heavy (non-hydrogen) atoms. The molecular formula is C11H16N2O2. The van der Waals surface area contributed by atoms with Crippen molar-refractivity contribution in [3.63, 3.8) is 0 Å². The molecule has 0 fully saturated rings.